The Balaban J connectivity index is 1.37. The Morgan fingerprint density at radius 1 is 0.968 bits per heavy atom. The lowest BCUT2D eigenvalue weighted by Gasteiger charge is -2.33. The number of imidazole rings is 1. The van der Waals surface area contributed by atoms with E-state index in [1.54, 1.807) is 25.4 Å². The van der Waals surface area contributed by atoms with Crippen molar-refractivity contribution in [2.45, 2.75) is 37.7 Å². The normalized spacial score (nSPS) is 20.4. The van der Waals surface area contributed by atoms with Gasteiger partial charge in [-0.25, -0.2) is 18.2 Å². The summed E-state index contributed by atoms with van der Waals surface area (Å²) in [6.45, 7) is 0. The molecule has 7 heteroatoms. The number of nitrogens with zero attached hydrogens (tertiary/aromatic N) is 2. The lowest BCUT2D eigenvalue weighted by atomic mass is 9.76. The maximum atomic E-state index is 13.8. The molecule has 31 heavy (non-hydrogen) atoms. The fraction of sp³-hybridized carbons (Fsp3) is 0.333. The van der Waals surface area contributed by atoms with Gasteiger partial charge in [0, 0.05) is 30.8 Å². The maximum absolute atomic E-state index is 13.8. The molecular weight excluding hydrogens is 403 g/mol. The molecule has 0 aliphatic heterocycles. The summed E-state index contributed by atoms with van der Waals surface area (Å²) in [5.41, 5.74) is 2.77. The number of rotatable bonds is 4. The van der Waals surface area contributed by atoms with Crippen LogP contribution in [-0.4, -0.2) is 22.1 Å². The molecule has 0 spiro atoms. The number of H-pyrrole nitrogens is 1. The van der Waals surface area contributed by atoms with E-state index in [1.807, 2.05) is 6.07 Å². The first-order valence-electron chi connectivity index (χ1n) is 10.4. The van der Waals surface area contributed by atoms with Crippen molar-refractivity contribution in [2.75, 3.05) is 7.11 Å². The molecule has 0 unspecified atom stereocenters. The Morgan fingerprint density at radius 3 is 2.52 bits per heavy atom. The molecule has 1 atom stereocenters. The zero-order chi connectivity index (χ0) is 21.5. The van der Waals surface area contributed by atoms with E-state index in [0.29, 0.717) is 22.8 Å². The quantitative estimate of drug-likeness (QED) is 0.424. The summed E-state index contributed by atoms with van der Waals surface area (Å²) in [5, 5.41) is 0.871. The predicted molar refractivity (Wildman–Crippen MR) is 112 cm³/mol. The van der Waals surface area contributed by atoms with Crippen molar-refractivity contribution in [1.82, 2.24) is 15.0 Å². The van der Waals surface area contributed by atoms with Crippen LogP contribution in [0.4, 0.5) is 13.2 Å². The Kier molecular flexibility index (Phi) is 5.14. The molecule has 0 radical (unpaired) electrons. The summed E-state index contributed by atoms with van der Waals surface area (Å²) >= 11 is 0. The van der Waals surface area contributed by atoms with E-state index in [4.69, 9.17) is 4.74 Å². The van der Waals surface area contributed by atoms with Gasteiger partial charge in [-0.3, -0.25) is 4.98 Å². The second kappa shape index (κ2) is 7.96. The first-order valence-corrected chi connectivity index (χ1v) is 10.4. The molecule has 1 aliphatic rings. The predicted octanol–water partition coefficient (Wildman–Crippen LogP) is 6.19. The monoisotopic (exact) mass is 425 g/mol. The molecule has 1 saturated carbocycles. The van der Waals surface area contributed by atoms with Crippen molar-refractivity contribution in [3.05, 3.63) is 71.4 Å². The van der Waals surface area contributed by atoms with Crippen LogP contribution in [0, 0.1) is 23.4 Å². The third-order valence-electron chi connectivity index (χ3n) is 6.44. The summed E-state index contributed by atoms with van der Waals surface area (Å²) in [7, 11) is 1.63. The molecule has 2 heterocycles. The van der Waals surface area contributed by atoms with Crippen LogP contribution in [0.1, 0.15) is 49.1 Å². The minimum atomic E-state index is -0.916. The summed E-state index contributed by atoms with van der Waals surface area (Å²) in [6.07, 6.45) is 5.18. The highest BCUT2D eigenvalue weighted by molar-refractivity contribution is 5.82. The zero-order valence-corrected chi connectivity index (χ0v) is 17.0. The molecule has 0 saturated heterocycles. The van der Waals surface area contributed by atoms with Gasteiger partial charge in [0.25, 0.3) is 0 Å². The van der Waals surface area contributed by atoms with Gasteiger partial charge in [-0.2, -0.15) is 0 Å². The first kappa shape index (κ1) is 20.0. The minimum Gasteiger partial charge on any atom is -0.373 e. The van der Waals surface area contributed by atoms with E-state index in [0.717, 1.165) is 54.3 Å². The number of hydrogen-bond acceptors (Lipinski definition) is 3. The molecule has 2 aromatic carbocycles. The second-order valence-electron chi connectivity index (χ2n) is 8.24. The standard InChI is InChI=1S/C24H22F3N3O/c1-31-23(24-29-21-11-18(26)19(27)12-22(21)30-24)14-4-2-13(3-5-14)16-8-9-28-20-7-6-15(25)10-17(16)20/h6-14,23H,2-5H2,1H3,(H,29,30)/t13-,14+,23-/m1/s1. The van der Waals surface area contributed by atoms with Crippen molar-refractivity contribution < 1.29 is 17.9 Å². The molecule has 0 bridgehead atoms. The number of fused-ring (bicyclic) bond motifs is 2. The minimum absolute atomic E-state index is 0.223. The van der Waals surface area contributed by atoms with E-state index in [2.05, 4.69) is 15.0 Å². The molecule has 5 rings (SSSR count). The molecule has 1 N–H and O–H groups in total. The fourth-order valence-electron chi connectivity index (χ4n) is 4.92. The Labute approximate surface area is 177 Å². The Hall–Kier alpha value is -2.93. The third kappa shape index (κ3) is 3.67. The summed E-state index contributed by atoms with van der Waals surface area (Å²) in [6, 6.07) is 8.93. The van der Waals surface area contributed by atoms with E-state index in [-0.39, 0.29) is 17.8 Å². The van der Waals surface area contributed by atoms with Crippen LogP contribution in [0.2, 0.25) is 0 Å². The van der Waals surface area contributed by atoms with Crippen LogP contribution < -0.4 is 0 Å². The average Bonchev–Trinajstić information content (AvgIpc) is 3.17. The van der Waals surface area contributed by atoms with Crippen molar-refractivity contribution >= 4 is 21.9 Å². The highest BCUT2D eigenvalue weighted by Crippen LogP contribution is 2.43. The van der Waals surface area contributed by atoms with E-state index in [1.165, 1.54) is 6.07 Å². The van der Waals surface area contributed by atoms with Crippen LogP contribution >= 0.6 is 0 Å². The van der Waals surface area contributed by atoms with Gasteiger partial charge in [0.2, 0.25) is 0 Å². The number of ether oxygens (including phenoxy) is 1. The highest BCUT2D eigenvalue weighted by Gasteiger charge is 2.32. The summed E-state index contributed by atoms with van der Waals surface area (Å²) in [5.74, 6) is -0.949. The SMILES string of the molecule is CO[C@@H](c1nc2cc(F)c(F)cc2[nH]1)[C@H]1CC[C@@H](c2ccnc3ccc(F)cc32)CC1. The molecule has 1 fully saturated rings. The van der Waals surface area contributed by atoms with Gasteiger partial charge in [0.15, 0.2) is 11.6 Å². The summed E-state index contributed by atoms with van der Waals surface area (Å²) < 4.78 is 46.7. The molecule has 160 valence electrons. The van der Waals surface area contributed by atoms with E-state index >= 15 is 0 Å². The van der Waals surface area contributed by atoms with Crippen molar-refractivity contribution in [1.29, 1.82) is 0 Å². The van der Waals surface area contributed by atoms with Crippen LogP contribution in [0.5, 0.6) is 0 Å². The molecule has 4 aromatic rings. The highest BCUT2D eigenvalue weighted by atomic mass is 19.2. The summed E-state index contributed by atoms with van der Waals surface area (Å²) in [4.78, 5) is 11.9. The number of benzene rings is 2. The number of methoxy groups -OCH3 is 1. The van der Waals surface area contributed by atoms with Crippen molar-refractivity contribution in [3.63, 3.8) is 0 Å². The second-order valence-corrected chi connectivity index (χ2v) is 8.24. The van der Waals surface area contributed by atoms with Gasteiger partial charge in [-0.05, 0) is 67.3 Å². The first-order chi connectivity index (χ1) is 15.0. The van der Waals surface area contributed by atoms with Crippen molar-refractivity contribution in [2.24, 2.45) is 5.92 Å². The average molecular weight is 425 g/mol. The molecule has 1 aliphatic carbocycles. The Bertz CT molecular complexity index is 1210. The van der Waals surface area contributed by atoms with Crippen LogP contribution in [0.3, 0.4) is 0 Å². The zero-order valence-electron chi connectivity index (χ0n) is 17.0. The van der Waals surface area contributed by atoms with Gasteiger partial charge in [-0.1, -0.05) is 0 Å². The van der Waals surface area contributed by atoms with Gasteiger partial charge in [0.1, 0.15) is 17.7 Å². The largest absolute Gasteiger partial charge is 0.373 e. The number of hydrogen-bond donors (Lipinski definition) is 1. The lowest BCUT2D eigenvalue weighted by Crippen LogP contribution is -2.22. The number of nitrogens with one attached hydrogen (secondary N) is 1. The molecule has 2 aromatic heterocycles. The molecule has 0 amide bonds. The number of halogens is 3. The lowest BCUT2D eigenvalue weighted by molar-refractivity contribution is 0.0274. The van der Waals surface area contributed by atoms with Crippen LogP contribution in [0.25, 0.3) is 21.9 Å². The molecule has 4 nitrogen and oxygen atoms in total. The third-order valence-corrected chi connectivity index (χ3v) is 6.44. The van der Waals surface area contributed by atoms with Gasteiger partial charge < -0.3 is 9.72 Å². The van der Waals surface area contributed by atoms with Crippen LogP contribution in [0.15, 0.2) is 42.6 Å². The van der Waals surface area contributed by atoms with E-state index < -0.39 is 11.6 Å². The van der Waals surface area contributed by atoms with Gasteiger partial charge in [-0.15, -0.1) is 0 Å². The van der Waals surface area contributed by atoms with E-state index in [9.17, 15) is 13.2 Å². The topological polar surface area (TPSA) is 50.8 Å². The van der Waals surface area contributed by atoms with Crippen LogP contribution in [-0.2, 0) is 4.74 Å². The van der Waals surface area contributed by atoms with Crippen molar-refractivity contribution in [3.8, 4) is 0 Å². The Morgan fingerprint density at radius 2 is 1.74 bits per heavy atom. The molecular formula is C24H22F3N3O. The maximum Gasteiger partial charge on any atom is 0.161 e. The smallest absolute Gasteiger partial charge is 0.161 e. The van der Waals surface area contributed by atoms with Gasteiger partial charge >= 0.3 is 0 Å². The number of aromatic nitrogens is 3. The fourth-order valence-corrected chi connectivity index (χ4v) is 4.92. The number of pyridine rings is 1. The number of aromatic amines is 1. The van der Waals surface area contributed by atoms with Gasteiger partial charge in [0.05, 0.1) is 16.6 Å².